The van der Waals surface area contributed by atoms with Crippen molar-refractivity contribution in [1.29, 1.82) is 0 Å². The van der Waals surface area contributed by atoms with E-state index in [1.54, 1.807) is 0 Å². The lowest BCUT2D eigenvalue weighted by atomic mass is 10.5. The van der Waals surface area contributed by atoms with E-state index in [2.05, 4.69) is 29.8 Å². The first-order chi connectivity index (χ1) is 6.20. The summed E-state index contributed by atoms with van der Waals surface area (Å²) in [6.45, 7) is 7.51. The van der Waals surface area contributed by atoms with Crippen LogP contribution in [0.4, 0.5) is 0 Å². The van der Waals surface area contributed by atoms with Crippen LogP contribution in [0.2, 0.25) is 0 Å². The van der Waals surface area contributed by atoms with E-state index in [1.807, 2.05) is 6.92 Å². The summed E-state index contributed by atoms with van der Waals surface area (Å²) in [6.07, 6.45) is 2.00. The molecule has 80 valence electrons. The molecule has 0 amide bonds. The van der Waals surface area contributed by atoms with Crippen LogP contribution in [0.5, 0.6) is 0 Å². The third kappa shape index (κ3) is 8.89. The monoisotopic (exact) mass is 270 g/mol. The van der Waals surface area contributed by atoms with Gasteiger partial charge in [0, 0.05) is 13.2 Å². The fourth-order valence-electron chi connectivity index (χ4n) is 0.708. The van der Waals surface area contributed by atoms with E-state index in [4.69, 9.17) is 13.3 Å². The van der Waals surface area contributed by atoms with Crippen molar-refractivity contribution in [2.24, 2.45) is 0 Å². The predicted molar refractivity (Wildman–Crippen MR) is 59.1 cm³/mol. The zero-order valence-electron chi connectivity index (χ0n) is 8.59. The number of hydrogen-bond donors (Lipinski definition) is 0. The molecular formula is C8H19BrO3Si. The molecule has 0 radical (unpaired) electrons. The zero-order valence-corrected chi connectivity index (χ0v) is 11.3. The van der Waals surface area contributed by atoms with Crippen LogP contribution in [0.15, 0.2) is 0 Å². The first-order valence-electron chi connectivity index (χ1n) is 4.73. The van der Waals surface area contributed by atoms with Gasteiger partial charge in [0.15, 0.2) is 0 Å². The van der Waals surface area contributed by atoms with Gasteiger partial charge in [-0.3, -0.25) is 0 Å². The average molecular weight is 271 g/mol. The quantitative estimate of drug-likeness (QED) is 0.501. The second kappa shape index (κ2) is 9.14. The Kier molecular flexibility index (Phi) is 9.55. The highest BCUT2D eigenvalue weighted by Crippen LogP contribution is 2.05. The van der Waals surface area contributed by atoms with Crippen LogP contribution in [0.25, 0.3) is 0 Å². The fraction of sp³-hybridized carbons (Fsp3) is 1.00. The lowest BCUT2D eigenvalue weighted by Gasteiger charge is -2.17. The summed E-state index contributed by atoms with van der Waals surface area (Å²) in [5.74, 6) is 0. The molecule has 0 N–H and O–H groups in total. The largest absolute Gasteiger partial charge is 0.485 e. The summed E-state index contributed by atoms with van der Waals surface area (Å²) < 4.78 is 16.4. The van der Waals surface area contributed by atoms with Gasteiger partial charge >= 0.3 is 9.53 Å². The molecule has 0 aromatic heterocycles. The fourth-order valence-corrected chi connectivity index (χ4v) is 2.65. The van der Waals surface area contributed by atoms with E-state index in [0.717, 1.165) is 26.1 Å². The smallest absolute Gasteiger partial charge is 0.376 e. The zero-order chi connectivity index (χ0) is 10.1. The van der Waals surface area contributed by atoms with Crippen molar-refractivity contribution in [3.63, 3.8) is 0 Å². The number of halogens is 1. The number of hydrogen-bond acceptors (Lipinski definition) is 3. The van der Waals surface area contributed by atoms with Crippen molar-refractivity contribution in [1.82, 2.24) is 0 Å². The van der Waals surface area contributed by atoms with Gasteiger partial charge < -0.3 is 13.3 Å². The summed E-state index contributed by atoms with van der Waals surface area (Å²) in [7, 11) is -1.87. The van der Waals surface area contributed by atoms with Crippen molar-refractivity contribution in [3.8, 4) is 0 Å². The SMILES string of the molecule is CCCO[SiH](OCCC)OC(C)Br. The third-order valence-electron chi connectivity index (χ3n) is 1.21. The molecule has 0 rings (SSSR count). The van der Waals surface area contributed by atoms with Crippen LogP contribution in [0.3, 0.4) is 0 Å². The van der Waals surface area contributed by atoms with Gasteiger partial charge in [0.2, 0.25) is 0 Å². The molecule has 13 heavy (non-hydrogen) atoms. The Bertz CT molecular complexity index is 106. The first-order valence-corrected chi connectivity index (χ1v) is 7.06. The number of alkyl halides is 1. The maximum atomic E-state index is 5.47. The topological polar surface area (TPSA) is 27.7 Å². The van der Waals surface area contributed by atoms with Crippen molar-refractivity contribution < 1.29 is 13.3 Å². The molecule has 0 heterocycles. The Morgan fingerprint density at radius 2 is 1.62 bits per heavy atom. The van der Waals surface area contributed by atoms with Crippen molar-refractivity contribution >= 4 is 25.5 Å². The summed E-state index contributed by atoms with van der Waals surface area (Å²) in [5.41, 5.74) is 0. The van der Waals surface area contributed by atoms with Crippen molar-refractivity contribution in [2.75, 3.05) is 13.2 Å². The standard InChI is InChI=1S/C8H19BrO3Si/c1-4-6-10-13(11-7-5-2)12-8(3)9/h8,13H,4-7H2,1-3H3. The molecule has 0 saturated heterocycles. The summed E-state index contributed by atoms with van der Waals surface area (Å²) in [4.78, 5) is 0. The minimum atomic E-state index is -1.87. The maximum Gasteiger partial charge on any atom is 0.485 e. The van der Waals surface area contributed by atoms with E-state index >= 15 is 0 Å². The molecule has 0 aromatic rings. The molecule has 1 unspecified atom stereocenters. The van der Waals surface area contributed by atoms with Crippen LogP contribution in [0.1, 0.15) is 33.6 Å². The molecule has 1 atom stereocenters. The van der Waals surface area contributed by atoms with E-state index in [1.165, 1.54) is 0 Å². The lowest BCUT2D eigenvalue weighted by molar-refractivity contribution is 0.0907. The van der Waals surface area contributed by atoms with E-state index in [-0.39, 0.29) is 5.01 Å². The molecule has 0 aliphatic carbocycles. The molecule has 5 heteroatoms. The first kappa shape index (κ1) is 13.6. The molecule has 0 bridgehead atoms. The normalized spacial score (nSPS) is 13.6. The second-order valence-corrected chi connectivity index (χ2v) is 5.52. The van der Waals surface area contributed by atoms with Gasteiger partial charge in [-0.25, -0.2) is 0 Å². The molecule has 0 aliphatic heterocycles. The molecule has 0 aliphatic rings. The molecule has 0 aromatic carbocycles. The highest BCUT2D eigenvalue weighted by molar-refractivity contribution is 9.09. The van der Waals surface area contributed by atoms with Gasteiger partial charge in [0.25, 0.3) is 0 Å². The molecule has 0 saturated carbocycles. The van der Waals surface area contributed by atoms with Crippen molar-refractivity contribution in [2.45, 2.75) is 38.6 Å². The van der Waals surface area contributed by atoms with Crippen LogP contribution in [0, 0.1) is 0 Å². The van der Waals surface area contributed by atoms with Crippen LogP contribution in [-0.4, -0.2) is 27.8 Å². The van der Waals surface area contributed by atoms with Crippen LogP contribution in [-0.2, 0) is 13.3 Å². The Morgan fingerprint density at radius 3 is 1.92 bits per heavy atom. The molecule has 3 nitrogen and oxygen atoms in total. The maximum absolute atomic E-state index is 5.47. The van der Waals surface area contributed by atoms with Crippen molar-refractivity contribution in [3.05, 3.63) is 0 Å². The molecule has 0 spiro atoms. The Morgan fingerprint density at radius 1 is 1.15 bits per heavy atom. The van der Waals surface area contributed by atoms with E-state index in [9.17, 15) is 0 Å². The second-order valence-electron chi connectivity index (χ2n) is 2.71. The Hall–Kier alpha value is 0.577. The van der Waals surface area contributed by atoms with Crippen LogP contribution >= 0.6 is 15.9 Å². The van der Waals surface area contributed by atoms with E-state index in [0.29, 0.717) is 0 Å². The highest BCUT2D eigenvalue weighted by Gasteiger charge is 2.16. The third-order valence-corrected chi connectivity index (χ3v) is 3.48. The van der Waals surface area contributed by atoms with Gasteiger partial charge in [-0.05, 0) is 19.8 Å². The summed E-state index contributed by atoms with van der Waals surface area (Å²) >= 11 is 3.31. The van der Waals surface area contributed by atoms with Gasteiger partial charge in [-0.15, -0.1) is 0 Å². The van der Waals surface area contributed by atoms with Crippen LogP contribution < -0.4 is 0 Å². The van der Waals surface area contributed by atoms with Gasteiger partial charge in [-0.2, -0.15) is 0 Å². The van der Waals surface area contributed by atoms with Gasteiger partial charge in [0.1, 0.15) is 5.01 Å². The Balaban J connectivity index is 3.60. The molecule has 0 fully saturated rings. The lowest BCUT2D eigenvalue weighted by Crippen LogP contribution is -2.30. The molecular weight excluding hydrogens is 252 g/mol. The minimum Gasteiger partial charge on any atom is -0.376 e. The van der Waals surface area contributed by atoms with Gasteiger partial charge in [0.05, 0.1) is 0 Å². The van der Waals surface area contributed by atoms with E-state index < -0.39 is 9.53 Å². The predicted octanol–water partition coefficient (Wildman–Crippen LogP) is 2.31. The number of rotatable bonds is 8. The summed E-state index contributed by atoms with van der Waals surface area (Å²) in [5, 5.41) is 0.0119. The average Bonchev–Trinajstić information content (AvgIpc) is 2.09. The minimum absolute atomic E-state index is 0.0119. The van der Waals surface area contributed by atoms with Gasteiger partial charge in [-0.1, -0.05) is 29.8 Å². The Labute approximate surface area is 90.8 Å². The highest BCUT2D eigenvalue weighted by atomic mass is 79.9. The summed E-state index contributed by atoms with van der Waals surface area (Å²) in [6, 6.07) is 0.